The minimum atomic E-state index is -4.60. The van der Waals surface area contributed by atoms with E-state index in [-0.39, 0.29) is 30.8 Å². The largest absolute Gasteiger partial charge is 0.408 e. The molecule has 0 bridgehead atoms. The van der Waals surface area contributed by atoms with Gasteiger partial charge in [-0.25, -0.2) is 9.18 Å². The number of carbonyl (C=O) groups is 2. The number of fused-ring (bicyclic) bond motifs is 1. The Labute approximate surface area is 163 Å². The molecule has 0 saturated heterocycles. The molecule has 2 N–H and O–H groups in total. The summed E-state index contributed by atoms with van der Waals surface area (Å²) in [5, 5.41) is 8.03. The fraction of sp³-hybridized carbons (Fsp3) is 0.389. The number of anilines is 1. The van der Waals surface area contributed by atoms with E-state index in [9.17, 15) is 27.2 Å². The summed E-state index contributed by atoms with van der Waals surface area (Å²) in [5.74, 6) is -1.09. The van der Waals surface area contributed by atoms with E-state index >= 15 is 0 Å². The fourth-order valence-corrected chi connectivity index (χ4v) is 2.83. The highest BCUT2D eigenvalue weighted by Crippen LogP contribution is 2.25. The molecule has 0 radical (unpaired) electrons. The second-order valence-electron chi connectivity index (χ2n) is 6.74. The van der Waals surface area contributed by atoms with Gasteiger partial charge in [-0.05, 0) is 37.6 Å². The van der Waals surface area contributed by atoms with Crippen molar-refractivity contribution in [3.05, 3.63) is 46.6 Å². The van der Waals surface area contributed by atoms with Gasteiger partial charge in [0, 0.05) is 24.2 Å². The molecule has 1 aliphatic heterocycles. The van der Waals surface area contributed by atoms with E-state index in [0.717, 1.165) is 6.92 Å². The third-order valence-corrected chi connectivity index (χ3v) is 4.58. The SMILES string of the molecule is Cc1cc(NC(=O)N2CCc3onc(C(=O)N[C@H](C)C(F)(F)F)c3C2)ccc1F. The lowest BCUT2D eigenvalue weighted by Crippen LogP contribution is -2.44. The van der Waals surface area contributed by atoms with Gasteiger partial charge in [0.05, 0.1) is 6.54 Å². The number of nitrogens with zero attached hydrogens (tertiary/aromatic N) is 2. The van der Waals surface area contributed by atoms with Crippen LogP contribution in [0.4, 0.5) is 28.0 Å². The van der Waals surface area contributed by atoms with Crippen LogP contribution in [0.5, 0.6) is 0 Å². The topological polar surface area (TPSA) is 87.5 Å². The molecule has 0 saturated carbocycles. The number of carbonyl (C=O) groups excluding carboxylic acids is 2. The van der Waals surface area contributed by atoms with Gasteiger partial charge in [0.1, 0.15) is 17.6 Å². The Bertz CT molecular complexity index is 942. The Balaban J connectivity index is 1.71. The molecule has 1 atom stereocenters. The zero-order chi connectivity index (χ0) is 21.3. The Morgan fingerprint density at radius 2 is 2.03 bits per heavy atom. The highest BCUT2D eigenvalue weighted by molar-refractivity contribution is 5.94. The summed E-state index contributed by atoms with van der Waals surface area (Å²) < 4.78 is 56.4. The van der Waals surface area contributed by atoms with Gasteiger partial charge < -0.3 is 20.1 Å². The summed E-state index contributed by atoms with van der Waals surface area (Å²) in [7, 11) is 0. The molecule has 3 amide bonds. The monoisotopic (exact) mass is 414 g/mol. The van der Waals surface area contributed by atoms with E-state index in [1.807, 2.05) is 5.32 Å². The van der Waals surface area contributed by atoms with Crippen molar-refractivity contribution in [3.8, 4) is 0 Å². The van der Waals surface area contributed by atoms with Crippen LogP contribution in [0, 0.1) is 12.7 Å². The molecule has 2 heterocycles. The van der Waals surface area contributed by atoms with Crippen LogP contribution in [0.25, 0.3) is 0 Å². The Hall–Kier alpha value is -3.11. The summed E-state index contributed by atoms with van der Waals surface area (Å²) in [6.45, 7) is 2.57. The number of urea groups is 1. The predicted octanol–water partition coefficient (Wildman–Crippen LogP) is 3.39. The second-order valence-corrected chi connectivity index (χ2v) is 6.74. The van der Waals surface area contributed by atoms with Crippen LogP contribution in [0.1, 0.15) is 34.3 Å². The molecule has 2 aromatic rings. The number of aromatic nitrogens is 1. The zero-order valence-electron chi connectivity index (χ0n) is 15.6. The van der Waals surface area contributed by atoms with E-state index in [1.165, 1.54) is 23.1 Å². The summed E-state index contributed by atoms with van der Waals surface area (Å²) in [6, 6.07) is 1.54. The summed E-state index contributed by atoms with van der Waals surface area (Å²) >= 11 is 0. The van der Waals surface area contributed by atoms with Crippen LogP contribution in [0.15, 0.2) is 22.7 Å². The molecule has 0 aliphatic carbocycles. The van der Waals surface area contributed by atoms with Gasteiger partial charge in [0.25, 0.3) is 5.91 Å². The first kappa shape index (κ1) is 20.6. The molecule has 0 fully saturated rings. The number of nitrogens with one attached hydrogen (secondary N) is 2. The summed E-state index contributed by atoms with van der Waals surface area (Å²) in [6.07, 6.45) is -4.35. The van der Waals surface area contributed by atoms with Crippen molar-refractivity contribution < 1.29 is 31.7 Å². The van der Waals surface area contributed by atoms with E-state index in [1.54, 1.807) is 6.92 Å². The number of aryl methyl sites for hydroxylation is 1. The lowest BCUT2D eigenvalue weighted by atomic mass is 10.1. The van der Waals surface area contributed by atoms with Crippen LogP contribution in [0.2, 0.25) is 0 Å². The van der Waals surface area contributed by atoms with Gasteiger partial charge in [0.2, 0.25) is 0 Å². The number of hydrogen-bond acceptors (Lipinski definition) is 4. The smallest absolute Gasteiger partial charge is 0.360 e. The minimum absolute atomic E-state index is 0.0615. The van der Waals surface area contributed by atoms with Crippen LogP contribution in [-0.2, 0) is 13.0 Å². The van der Waals surface area contributed by atoms with Gasteiger partial charge in [0.15, 0.2) is 5.69 Å². The highest BCUT2D eigenvalue weighted by Gasteiger charge is 2.38. The average molecular weight is 414 g/mol. The number of benzene rings is 1. The number of alkyl halides is 3. The Morgan fingerprint density at radius 1 is 1.31 bits per heavy atom. The van der Waals surface area contributed by atoms with E-state index < -0.39 is 30.0 Å². The molecule has 1 aliphatic rings. The van der Waals surface area contributed by atoms with Gasteiger partial charge >= 0.3 is 12.2 Å². The Kier molecular flexibility index (Phi) is 5.49. The van der Waals surface area contributed by atoms with Crippen LogP contribution in [0.3, 0.4) is 0 Å². The third kappa shape index (κ3) is 4.49. The van der Waals surface area contributed by atoms with Crippen molar-refractivity contribution in [2.24, 2.45) is 0 Å². The maximum Gasteiger partial charge on any atom is 0.408 e. The minimum Gasteiger partial charge on any atom is -0.360 e. The number of rotatable bonds is 3. The molecule has 7 nitrogen and oxygen atoms in total. The molecular formula is C18H18F4N4O3. The van der Waals surface area contributed by atoms with Crippen molar-refractivity contribution in [3.63, 3.8) is 0 Å². The van der Waals surface area contributed by atoms with E-state index in [4.69, 9.17) is 4.52 Å². The number of halogens is 4. The lowest BCUT2D eigenvalue weighted by molar-refractivity contribution is -0.149. The van der Waals surface area contributed by atoms with Crippen molar-refractivity contribution in [1.29, 1.82) is 0 Å². The van der Waals surface area contributed by atoms with Crippen molar-refractivity contribution in [1.82, 2.24) is 15.4 Å². The van der Waals surface area contributed by atoms with Crippen molar-refractivity contribution >= 4 is 17.6 Å². The first-order valence-electron chi connectivity index (χ1n) is 8.73. The summed E-state index contributed by atoms with van der Waals surface area (Å²) in [5.41, 5.74) is 0.724. The zero-order valence-corrected chi connectivity index (χ0v) is 15.6. The maximum atomic E-state index is 13.4. The predicted molar refractivity (Wildman–Crippen MR) is 93.8 cm³/mol. The van der Waals surface area contributed by atoms with Gasteiger partial charge in [-0.1, -0.05) is 5.16 Å². The van der Waals surface area contributed by atoms with Gasteiger partial charge in [-0.3, -0.25) is 4.79 Å². The molecule has 156 valence electrons. The molecule has 29 heavy (non-hydrogen) atoms. The normalized spacial score (nSPS) is 14.9. The average Bonchev–Trinajstić information content (AvgIpc) is 3.07. The third-order valence-electron chi connectivity index (χ3n) is 4.58. The van der Waals surface area contributed by atoms with Crippen molar-refractivity contribution in [2.45, 2.75) is 39.0 Å². The fourth-order valence-electron chi connectivity index (χ4n) is 2.83. The lowest BCUT2D eigenvalue weighted by Gasteiger charge is -2.26. The quantitative estimate of drug-likeness (QED) is 0.754. The molecule has 3 rings (SSSR count). The van der Waals surface area contributed by atoms with E-state index in [2.05, 4.69) is 10.5 Å². The van der Waals surface area contributed by atoms with Crippen molar-refractivity contribution in [2.75, 3.05) is 11.9 Å². The summed E-state index contributed by atoms with van der Waals surface area (Å²) in [4.78, 5) is 26.1. The van der Waals surface area contributed by atoms with Gasteiger partial charge in [-0.15, -0.1) is 0 Å². The molecule has 1 aromatic carbocycles. The number of amides is 3. The molecule has 0 unspecified atom stereocenters. The first-order valence-corrected chi connectivity index (χ1v) is 8.73. The first-order chi connectivity index (χ1) is 13.6. The Morgan fingerprint density at radius 3 is 2.69 bits per heavy atom. The standard InChI is InChI=1S/C18H18F4N4O3/c1-9-7-11(3-4-13(9)19)24-17(28)26-6-5-14-12(8-26)15(25-29-14)16(27)23-10(2)18(20,21)22/h3-4,7,10H,5-6,8H2,1-2H3,(H,23,27)(H,24,28)/t10-/m1/s1. The van der Waals surface area contributed by atoms with Crippen LogP contribution < -0.4 is 10.6 Å². The maximum absolute atomic E-state index is 13.4. The van der Waals surface area contributed by atoms with Gasteiger partial charge in [-0.2, -0.15) is 13.2 Å². The van der Waals surface area contributed by atoms with Crippen LogP contribution >= 0.6 is 0 Å². The highest BCUT2D eigenvalue weighted by atomic mass is 19.4. The molecule has 1 aromatic heterocycles. The number of hydrogen-bond donors (Lipinski definition) is 2. The van der Waals surface area contributed by atoms with Crippen LogP contribution in [-0.4, -0.2) is 40.8 Å². The molecule has 0 spiro atoms. The second kappa shape index (κ2) is 7.72. The van der Waals surface area contributed by atoms with E-state index in [0.29, 0.717) is 17.0 Å². The molecular weight excluding hydrogens is 396 g/mol. The molecule has 11 heteroatoms.